The van der Waals surface area contributed by atoms with Crippen LogP contribution in [0.25, 0.3) is 0 Å². The third-order valence-electron chi connectivity index (χ3n) is 3.83. The third kappa shape index (κ3) is 3.90. The number of rotatable bonds is 4. The lowest BCUT2D eigenvalue weighted by molar-refractivity contribution is 0.267. The average molecular weight is 295 g/mol. The molecule has 0 radical (unpaired) electrons. The molecule has 0 amide bonds. The van der Waals surface area contributed by atoms with Gasteiger partial charge >= 0.3 is 0 Å². The van der Waals surface area contributed by atoms with Crippen LogP contribution in [0.2, 0.25) is 0 Å². The van der Waals surface area contributed by atoms with Gasteiger partial charge in [-0.25, -0.2) is 4.39 Å². The summed E-state index contributed by atoms with van der Waals surface area (Å²) in [6.45, 7) is 7.02. The SMILES string of the molecule is CCN1CCC[C@H]1CNC(=S)Nc1ccc(C)c(F)c1. The molecule has 0 bridgehead atoms. The summed E-state index contributed by atoms with van der Waals surface area (Å²) in [5.41, 5.74) is 1.32. The van der Waals surface area contributed by atoms with Crippen molar-refractivity contribution in [1.29, 1.82) is 0 Å². The van der Waals surface area contributed by atoms with Crippen LogP contribution in [-0.4, -0.2) is 35.7 Å². The molecular weight excluding hydrogens is 273 g/mol. The molecule has 1 aliphatic heterocycles. The number of hydrogen-bond donors (Lipinski definition) is 2. The zero-order valence-electron chi connectivity index (χ0n) is 12.1. The third-order valence-corrected chi connectivity index (χ3v) is 4.08. The number of thiocarbonyl (C=S) groups is 1. The predicted molar refractivity (Wildman–Crippen MR) is 85.6 cm³/mol. The van der Waals surface area contributed by atoms with Crippen LogP contribution in [0.5, 0.6) is 0 Å². The number of nitrogens with one attached hydrogen (secondary N) is 2. The molecule has 1 fully saturated rings. The first-order chi connectivity index (χ1) is 9.60. The van der Waals surface area contributed by atoms with Crippen molar-refractivity contribution >= 4 is 23.0 Å². The Balaban J connectivity index is 1.81. The second kappa shape index (κ2) is 6.99. The molecule has 1 atom stereocenters. The Kier molecular flexibility index (Phi) is 5.31. The van der Waals surface area contributed by atoms with Crippen molar-refractivity contribution in [1.82, 2.24) is 10.2 Å². The van der Waals surface area contributed by atoms with Gasteiger partial charge in [0.15, 0.2) is 5.11 Å². The van der Waals surface area contributed by atoms with E-state index in [-0.39, 0.29) is 5.82 Å². The highest BCUT2D eigenvalue weighted by molar-refractivity contribution is 7.80. The summed E-state index contributed by atoms with van der Waals surface area (Å²) < 4.78 is 13.4. The van der Waals surface area contributed by atoms with E-state index in [4.69, 9.17) is 12.2 Å². The molecule has 20 heavy (non-hydrogen) atoms. The van der Waals surface area contributed by atoms with Crippen LogP contribution in [-0.2, 0) is 0 Å². The molecule has 1 saturated heterocycles. The molecule has 0 spiro atoms. The molecule has 0 aliphatic carbocycles. The Morgan fingerprint density at radius 2 is 2.30 bits per heavy atom. The van der Waals surface area contributed by atoms with Crippen LogP contribution in [0.15, 0.2) is 18.2 Å². The topological polar surface area (TPSA) is 27.3 Å². The largest absolute Gasteiger partial charge is 0.361 e. The maximum atomic E-state index is 13.4. The summed E-state index contributed by atoms with van der Waals surface area (Å²) in [5.74, 6) is -0.217. The predicted octanol–water partition coefficient (Wildman–Crippen LogP) is 2.90. The fraction of sp³-hybridized carbons (Fsp3) is 0.533. The van der Waals surface area contributed by atoms with E-state index in [2.05, 4.69) is 22.5 Å². The van der Waals surface area contributed by atoms with E-state index in [1.54, 1.807) is 13.0 Å². The zero-order chi connectivity index (χ0) is 14.5. The summed E-state index contributed by atoms with van der Waals surface area (Å²) >= 11 is 5.26. The number of likely N-dealkylation sites (N-methyl/N-ethyl adjacent to an activating group) is 1. The Bertz CT molecular complexity index is 478. The van der Waals surface area contributed by atoms with E-state index in [9.17, 15) is 4.39 Å². The van der Waals surface area contributed by atoms with E-state index in [0.717, 1.165) is 13.1 Å². The van der Waals surface area contributed by atoms with Gasteiger partial charge in [0.2, 0.25) is 0 Å². The molecule has 110 valence electrons. The zero-order valence-corrected chi connectivity index (χ0v) is 12.9. The van der Waals surface area contributed by atoms with Gasteiger partial charge in [-0.3, -0.25) is 4.90 Å². The van der Waals surface area contributed by atoms with Crippen LogP contribution in [0.4, 0.5) is 10.1 Å². The molecule has 1 aromatic carbocycles. The molecular formula is C15H22FN3S. The average Bonchev–Trinajstić information content (AvgIpc) is 2.88. The Hall–Kier alpha value is -1.20. The van der Waals surface area contributed by atoms with Crippen LogP contribution in [0.1, 0.15) is 25.3 Å². The minimum absolute atomic E-state index is 0.217. The van der Waals surface area contributed by atoms with Gasteiger partial charge in [-0.15, -0.1) is 0 Å². The van der Waals surface area contributed by atoms with Crippen molar-refractivity contribution in [2.24, 2.45) is 0 Å². The second-order valence-electron chi connectivity index (χ2n) is 5.22. The van der Waals surface area contributed by atoms with Gasteiger partial charge in [0.05, 0.1) is 0 Å². The molecule has 1 heterocycles. The van der Waals surface area contributed by atoms with Gasteiger partial charge in [-0.05, 0) is 62.8 Å². The number of aryl methyl sites for hydroxylation is 1. The highest BCUT2D eigenvalue weighted by Gasteiger charge is 2.22. The Labute approximate surface area is 125 Å². The van der Waals surface area contributed by atoms with Gasteiger partial charge in [-0.2, -0.15) is 0 Å². The van der Waals surface area contributed by atoms with Gasteiger partial charge in [0.25, 0.3) is 0 Å². The second-order valence-corrected chi connectivity index (χ2v) is 5.63. The van der Waals surface area contributed by atoms with Crippen LogP contribution in [0, 0.1) is 12.7 Å². The molecule has 1 aromatic rings. The van der Waals surface area contributed by atoms with E-state index < -0.39 is 0 Å². The Morgan fingerprint density at radius 3 is 3.00 bits per heavy atom. The van der Waals surface area contributed by atoms with E-state index in [1.807, 2.05) is 6.07 Å². The Morgan fingerprint density at radius 1 is 1.50 bits per heavy atom. The summed E-state index contributed by atoms with van der Waals surface area (Å²) in [6, 6.07) is 5.60. The van der Waals surface area contributed by atoms with E-state index in [1.165, 1.54) is 25.5 Å². The first-order valence-electron chi connectivity index (χ1n) is 7.15. The fourth-order valence-corrected chi connectivity index (χ4v) is 2.80. The van der Waals surface area contributed by atoms with Crippen molar-refractivity contribution in [3.63, 3.8) is 0 Å². The number of anilines is 1. The monoisotopic (exact) mass is 295 g/mol. The summed E-state index contributed by atoms with van der Waals surface area (Å²) in [6.07, 6.45) is 2.46. The number of benzene rings is 1. The van der Waals surface area contributed by atoms with Crippen LogP contribution >= 0.6 is 12.2 Å². The number of halogens is 1. The molecule has 1 aliphatic rings. The van der Waals surface area contributed by atoms with Crippen molar-refractivity contribution in [3.8, 4) is 0 Å². The molecule has 5 heteroatoms. The molecule has 2 rings (SSSR count). The molecule has 0 saturated carbocycles. The molecule has 2 N–H and O–H groups in total. The van der Waals surface area contributed by atoms with E-state index in [0.29, 0.717) is 22.4 Å². The highest BCUT2D eigenvalue weighted by Crippen LogP contribution is 2.16. The van der Waals surface area contributed by atoms with Gasteiger partial charge < -0.3 is 10.6 Å². The maximum absolute atomic E-state index is 13.4. The van der Waals surface area contributed by atoms with Crippen LogP contribution < -0.4 is 10.6 Å². The van der Waals surface area contributed by atoms with Gasteiger partial charge in [-0.1, -0.05) is 13.0 Å². The summed E-state index contributed by atoms with van der Waals surface area (Å²) in [5, 5.41) is 6.81. The number of nitrogens with zero attached hydrogens (tertiary/aromatic N) is 1. The lowest BCUT2D eigenvalue weighted by Gasteiger charge is -2.23. The maximum Gasteiger partial charge on any atom is 0.170 e. The molecule has 0 unspecified atom stereocenters. The quantitative estimate of drug-likeness (QED) is 0.835. The van der Waals surface area contributed by atoms with Crippen molar-refractivity contribution < 1.29 is 4.39 Å². The highest BCUT2D eigenvalue weighted by atomic mass is 32.1. The van der Waals surface area contributed by atoms with Crippen LogP contribution in [0.3, 0.4) is 0 Å². The normalized spacial score (nSPS) is 19.1. The van der Waals surface area contributed by atoms with Crippen molar-refractivity contribution in [2.45, 2.75) is 32.7 Å². The van der Waals surface area contributed by atoms with Crippen molar-refractivity contribution in [2.75, 3.05) is 25.0 Å². The molecule has 0 aromatic heterocycles. The smallest absolute Gasteiger partial charge is 0.170 e. The van der Waals surface area contributed by atoms with Gasteiger partial charge in [0, 0.05) is 18.3 Å². The minimum atomic E-state index is -0.217. The number of likely N-dealkylation sites (tertiary alicyclic amines) is 1. The lowest BCUT2D eigenvalue weighted by Crippen LogP contribution is -2.41. The standard InChI is InChI=1S/C15H22FN3S/c1-3-19-8-4-5-13(19)10-17-15(20)18-12-7-6-11(2)14(16)9-12/h6-7,9,13H,3-5,8,10H2,1-2H3,(H2,17,18,20)/t13-/m0/s1. The van der Waals surface area contributed by atoms with Gasteiger partial charge in [0.1, 0.15) is 5.82 Å². The van der Waals surface area contributed by atoms with Crippen molar-refractivity contribution in [3.05, 3.63) is 29.6 Å². The number of hydrogen-bond acceptors (Lipinski definition) is 2. The summed E-state index contributed by atoms with van der Waals surface area (Å²) in [7, 11) is 0. The first kappa shape index (κ1) is 15.2. The minimum Gasteiger partial charge on any atom is -0.361 e. The molecule has 3 nitrogen and oxygen atoms in total. The summed E-state index contributed by atoms with van der Waals surface area (Å²) in [4.78, 5) is 2.46. The first-order valence-corrected chi connectivity index (χ1v) is 7.56. The lowest BCUT2D eigenvalue weighted by atomic mass is 10.2. The fourth-order valence-electron chi connectivity index (χ4n) is 2.60. The van der Waals surface area contributed by atoms with E-state index >= 15 is 0 Å².